The molecule has 5 nitrogen and oxygen atoms in total. The molecule has 2 N–H and O–H groups in total. The van der Waals surface area contributed by atoms with Crippen LogP contribution in [0.2, 0.25) is 0 Å². The SMILES string of the molecule is CC(NNC(=O)OC(C)(C)C)c1ccc(OC(F)(F)F)cc1. The predicted octanol–water partition coefficient (Wildman–Crippen LogP) is 3.68. The Labute approximate surface area is 126 Å². The van der Waals surface area contributed by atoms with Crippen molar-refractivity contribution in [3.63, 3.8) is 0 Å². The summed E-state index contributed by atoms with van der Waals surface area (Å²) in [5, 5.41) is 0. The van der Waals surface area contributed by atoms with Crippen LogP contribution in [0.3, 0.4) is 0 Å². The van der Waals surface area contributed by atoms with Gasteiger partial charge in [-0.15, -0.1) is 13.2 Å². The van der Waals surface area contributed by atoms with E-state index in [1.807, 2.05) is 0 Å². The molecule has 0 aromatic heterocycles. The van der Waals surface area contributed by atoms with Crippen LogP contribution in [0.1, 0.15) is 39.3 Å². The first-order valence-corrected chi connectivity index (χ1v) is 6.56. The highest BCUT2D eigenvalue weighted by molar-refractivity contribution is 5.67. The number of hydrazine groups is 1. The first kappa shape index (κ1) is 18.1. The van der Waals surface area contributed by atoms with E-state index in [2.05, 4.69) is 15.6 Å². The Balaban J connectivity index is 2.52. The smallest absolute Gasteiger partial charge is 0.443 e. The van der Waals surface area contributed by atoms with Crippen molar-refractivity contribution in [1.29, 1.82) is 0 Å². The number of hydrogen-bond acceptors (Lipinski definition) is 4. The Morgan fingerprint density at radius 2 is 1.68 bits per heavy atom. The fourth-order valence-corrected chi connectivity index (χ4v) is 1.51. The average molecular weight is 320 g/mol. The summed E-state index contributed by atoms with van der Waals surface area (Å²) in [6, 6.07) is 5.01. The summed E-state index contributed by atoms with van der Waals surface area (Å²) in [6.07, 6.45) is -5.36. The Kier molecular flexibility index (Phi) is 5.65. The number of halogens is 3. The summed E-state index contributed by atoms with van der Waals surface area (Å²) < 4.78 is 45.0. The number of benzene rings is 1. The molecule has 124 valence electrons. The molecule has 0 fully saturated rings. The molecule has 0 aliphatic rings. The van der Waals surface area contributed by atoms with Gasteiger partial charge in [0.15, 0.2) is 0 Å². The van der Waals surface area contributed by atoms with Crippen LogP contribution in [0.5, 0.6) is 5.75 Å². The van der Waals surface area contributed by atoms with E-state index in [9.17, 15) is 18.0 Å². The van der Waals surface area contributed by atoms with Crippen LogP contribution in [0.15, 0.2) is 24.3 Å². The highest BCUT2D eigenvalue weighted by Crippen LogP contribution is 2.24. The number of alkyl halides is 3. The molecule has 1 unspecified atom stereocenters. The highest BCUT2D eigenvalue weighted by atomic mass is 19.4. The molecule has 0 radical (unpaired) electrons. The maximum absolute atomic E-state index is 12.0. The van der Waals surface area contributed by atoms with Gasteiger partial charge in [0.1, 0.15) is 11.4 Å². The number of ether oxygens (including phenoxy) is 2. The van der Waals surface area contributed by atoms with E-state index in [0.717, 1.165) is 0 Å². The van der Waals surface area contributed by atoms with Gasteiger partial charge in [-0.25, -0.2) is 10.2 Å². The van der Waals surface area contributed by atoms with Gasteiger partial charge in [-0.2, -0.15) is 0 Å². The third-order valence-corrected chi connectivity index (χ3v) is 2.40. The Bertz CT molecular complexity index is 496. The van der Waals surface area contributed by atoms with Crippen molar-refractivity contribution in [2.24, 2.45) is 0 Å². The molecule has 1 amide bonds. The van der Waals surface area contributed by atoms with Crippen LogP contribution in [0, 0.1) is 0 Å². The molecule has 1 aromatic carbocycles. The topological polar surface area (TPSA) is 59.6 Å². The Morgan fingerprint density at radius 1 is 1.14 bits per heavy atom. The van der Waals surface area contributed by atoms with Gasteiger partial charge < -0.3 is 9.47 Å². The lowest BCUT2D eigenvalue weighted by Gasteiger charge is -2.21. The van der Waals surface area contributed by atoms with E-state index in [-0.39, 0.29) is 11.8 Å². The van der Waals surface area contributed by atoms with Crippen molar-refractivity contribution in [3.05, 3.63) is 29.8 Å². The zero-order valence-corrected chi connectivity index (χ0v) is 12.7. The fourth-order valence-electron chi connectivity index (χ4n) is 1.51. The number of amides is 1. The molecule has 1 atom stereocenters. The summed E-state index contributed by atoms with van der Waals surface area (Å²) in [7, 11) is 0. The van der Waals surface area contributed by atoms with E-state index in [4.69, 9.17) is 4.74 Å². The first-order valence-electron chi connectivity index (χ1n) is 6.56. The molecule has 0 aliphatic heterocycles. The normalized spacial score (nSPS) is 13.4. The van der Waals surface area contributed by atoms with Gasteiger partial charge in [0.2, 0.25) is 0 Å². The van der Waals surface area contributed by atoms with Gasteiger partial charge in [-0.1, -0.05) is 12.1 Å². The number of carbonyl (C=O) groups excluding carboxylic acids is 1. The summed E-state index contributed by atoms with van der Waals surface area (Å²) >= 11 is 0. The lowest BCUT2D eigenvalue weighted by molar-refractivity contribution is -0.274. The summed E-state index contributed by atoms with van der Waals surface area (Å²) in [4.78, 5) is 11.5. The van der Waals surface area contributed by atoms with Gasteiger partial charge in [0.05, 0.1) is 0 Å². The van der Waals surface area contributed by atoms with Gasteiger partial charge >= 0.3 is 12.5 Å². The molecular weight excluding hydrogens is 301 g/mol. The number of hydrogen-bond donors (Lipinski definition) is 2. The highest BCUT2D eigenvalue weighted by Gasteiger charge is 2.31. The molecule has 22 heavy (non-hydrogen) atoms. The van der Waals surface area contributed by atoms with Gasteiger partial charge in [-0.05, 0) is 45.4 Å². The van der Waals surface area contributed by atoms with Gasteiger partial charge in [0.25, 0.3) is 0 Å². The molecule has 8 heteroatoms. The van der Waals surface area contributed by atoms with Crippen molar-refractivity contribution in [2.45, 2.75) is 45.7 Å². The minimum absolute atomic E-state index is 0.302. The molecule has 0 saturated carbocycles. The third-order valence-electron chi connectivity index (χ3n) is 2.40. The van der Waals surface area contributed by atoms with Crippen molar-refractivity contribution in [1.82, 2.24) is 10.9 Å². The van der Waals surface area contributed by atoms with E-state index >= 15 is 0 Å². The lowest BCUT2D eigenvalue weighted by atomic mass is 10.1. The van der Waals surface area contributed by atoms with Crippen LogP contribution in [0.25, 0.3) is 0 Å². The van der Waals surface area contributed by atoms with Gasteiger partial charge in [-0.3, -0.25) is 5.43 Å². The third kappa shape index (κ3) is 7.16. The van der Waals surface area contributed by atoms with Crippen LogP contribution >= 0.6 is 0 Å². The largest absolute Gasteiger partial charge is 0.573 e. The molecular formula is C14H19F3N2O3. The van der Waals surface area contributed by atoms with Crippen LogP contribution in [-0.2, 0) is 4.74 Å². The molecule has 0 bridgehead atoms. The summed E-state index contributed by atoms with van der Waals surface area (Å²) in [5.41, 5.74) is 5.12. The fraction of sp³-hybridized carbons (Fsp3) is 0.500. The second-order valence-corrected chi connectivity index (χ2v) is 5.61. The maximum Gasteiger partial charge on any atom is 0.573 e. The van der Waals surface area contributed by atoms with Crippen molar-refractivity contribution >= 4 is 6.09 Å². The number of carbonyl (C=O) groups is 1. The number of rotatable bonds is 4. The van der Waals surface area contributed by atoms with Crippen molar-refractivity contribution < 1.29 is 27.4 Å². The van der Waals surface area contributed by atoms with E-state index in [0.29, 0.717) is 5.56 Å². The van der Waals surface area contributed by atoms with Crippen LogP contribution in [-0.4, -0.2) is 18.1 Å². The monoisotopic (exact) mass is 320 g/mol. The standard InChI is InChI=1S/C14H19F3N2O3/c1-9(18-19-12(20)22-13(2,3)4)10-5-7-11(8-6-10)21-14(15,16)17/h5-9,18H,1-4H3,(H,19,20). The van der Waals surface area contributed by atoms with E-state index < -0.39 is 18.1 Å². The lowest BCUT2D eigenvalue weighted by Crippen LogP contribution is -2.42. The predicted molar refractivity (Wildman–Crippen MR) is 74.0 cm³/mol. The zero-order chi connectivity index (χ0) is 17.0. The average Bonchev–Trinajstić information content (AvgIpc) is 2.33. The van der Waals surface area contributed by atoms with E-state index in [1.54, 1.807) is 27.7 Å². The van der Waals surface area contributed by atoms with Crippen molar-refractivity contribution in [3.8, 4) is 5.75 Å². The molecule has 1 rings (SSSR count). The zero-order valence-electron chi connectivity index (χ0n) is 12.7. The minimum atomic E-state index is -4.72. The molecule has 0 aliphatic carbocycles. The molecule has 1 aromatic rings. The first-order chi connectivity index (χ1) is 9.96. The summed E-state index contributed by atoms with van der Waals surface area (Å²) in [5.74, 6) is -0.302. The van der Waals surface area contributed by atoms with Gasteiger partial charge in [0, 0.05) is 6.04 Å². The quantitative estimate of drug-likeness (QED) is 0.831. The molecule has 0 heterocycles. The number of nitrogens with one attached hydrogen (secondary N) is 2. The Hall–Kier alpha value is -1.96. The minimum Gasteiger partial charge on any atom is -0.443 e. The van der Waals surface area contributed by atoms with Crippen LogP contribution in [0.4, 0.5) is 18.0 Å². The second kappa shape index (κ2) is 6.87. The maximum atomic E-state index is 12.0. The molecule has 0 spiro atoms. The summed E-state index contributed by atoms with van der Waals surface area (Å²) in [6.45, 7) is 6.93. The van der Waals surface area contributed by atoms with E-state index in [1.165, 1.54) is 24.3 Å². The second-order valence-electron chi connectivity index (χ2n) is 5.61. The van der Waals surface area contributed by atoms with Crippen LogP contribution < -0.4 is 15.6 Å². The molecule has 0 saturated heterocycles. The Morgan fingerprint density at radius 3 is 2.14 bits per heavy atom. The van der Waals surface area contributed by atoms with Crippen molar-refractivity contribution in [2.75, 3.05) is 0 Å².